The van der Waals surface area contributed by atoms with Gasteiger partial charge in [0.05, 0.1) is 4.90 Å². The summed E-state index contributed by atoms with van der Waals surface area (Å²) >= 11 is 0. The van der Waals surface area contributed by atoms with Crippen LogP contribution in [-0.4, -0.2) is 48.2 Å². The maximum absolute atomic E-state index is 13.9. The molecule has 5 aliphatic rings. The van der Waals surface area contributed by atoms with E-state index in [2.05, 4.69) is 17.2 Å². The SMILES string of the molecule is C=CC(=O)NC1CC(C)(C)N(S(=O)(=O)c2ccc(C(=O)NCCC34CC5CC(CC(C5)C3)C4)cc2)C(C)(C)C1. The maximum atomic E-state index is 13.9. The van der Waals surface area contributed by atoms with Crippen molar-refractivity contribution in [3.8, 4) is 0 Å². The Morgan fingerprint density at radius 3 is 1.92 bits per heavy atom. The summed E-state index contributed by atoms with van der Waals surface area (Å²) < 4.78 is 29.3. The Kier molecular flexibility index (Phi) is 7.28. The number of nitrogens with one attached hydrogen (secondary N) is 2. The van der Waals surface area contributed by atoms with Gasteiger partial charge in [0.15, 0.2) is 0 Å². The third-order valence-electron chi connectivity index (χ3n) is 9.88. The first-order valence-electron chi connectivity index (χ1n) is 14.6. The predicted molar refractivity (Wildman–Crippen MR) is 153 cm³/mol. The van der Waals surface area contributed by atoms with E-state index in [-0.39, 0.29) is 22.8 Å². The van der Waals surface area contributed by atoms with E-state index in [1.54, 1.807) is 28.6 Å². The molecule has 8 heteroatoms. The Labute approximate surface area is 234 Å². The lowest BCUT2D eigenvalue weighted by molar-refractivity contribution is -0.118. The Hall–Kier alpha value is -2.19. The Bertz CT molecular complexity index is 1180. The molecule has 5 fully saturated rings. The average molecular weight is 556 g/mol. The van der Waals surface area contributed by atoms with Crippen LogP contribution in [0.5, 0.6) is 0 Å². The number of benzene rings is 1. The van der Waals surface area contributed by atoms with Gasteiger partial charge >= 0.3 is 0 Å². The first-order chi connectivity index (χ1) is 18.2. The predicted octanol–water partition coefficient (Wildman–Crippen LogP) is 5.04. The Balaban J connectivity index is 1.23. The van der Waals surface area contributed by atoms with Gasteiger partial charge in [0, 0.05) is 29.2 Å². The van der Waals surface area contributed by atoms with Crippen molar-refractivity contribution in [1.29, 1.82) is 0 Å². The lowest BCUT2D eigenvalue weighted by Gasteiger charge is -2.57. The van der Waals surface area contributed by atoms with Crippen molar-refractivity contribution < 1.29 is 18.0 Å². The fourth-order valence-corrected chi connectivity index (χ4v) is 11.4. The summed E-state index contributed by atoms with van der Waals surface area (Å²) in [6.45, 7) is 11.8. The minimum atomic E-state index is -3.85. The standard InChI is InChI=1S/C31H45N3O4S/c1-6-27(35)33-25-19-29(2,3)34(30(4,5)20-25)39(37,38)26-9-7-24(8-10-26)28(36)32-12-11-31-16-21-13-22(17-31)15-23(14-21)18-31/h6-10,21-23,25H,1,11-20H2,2-5H3,(H,32,36)(H,33,35). The molecule has 39 heavy (non-hydrogen) atoms. The number of nitrogens with zero attached hydrogens (tertiary/aromatic N) is 1. The van der Waals surface area contributed by atoms with E-state index in [9.17, 15) is 18.0 Å². The summed E-state index contributed by atoms with van der Waals surface area (Å²) in [5.74, 6) is 2.28. The van der Waals surface area contributed by atoms with Gasteiger partial charge in [-0.15, -0.1) is 0 Å². The Morgan fingerprint density at radius 1 is 0.923 bits per heavy atom. The first kappa shape index (κ1) is 28.3. The lowest BCUT2D eigenvalue weighted by atomic mass is 9.49. The van der Waals surface area contributed by atoms with Crippen molar-refractivity contribution in [2.75, 3.05) is 6.54 Å². The molecule has 1 aliphatic heterocycles. The van der Waals surface area contributed by atoms with Crippen LogP contribution in [0.1, 0.15) is 95.8 Å². The van der Waals surface area contributed by atoms with Crippen molar-refractivity contribution in [3.63, 3.8) is 0 Å². The molecule has 6 rings (SSSR count). The number of hydrogen-bond acceptors (Lipinski definition) is 4. The highest BCUT2D eigenvalue weighted by Gasteiger charge is 2.52. The van der Waals surface area contributed by atoms with Gasteiger partial charge in [0.25, 0.3) is 5.91 Å². The molecule has 4 aliphatic carbocycles. The zero-order chi connectivity index (χ0) is 28.2. The molecule has 4 saturated carbocycles. The molecule has 0 unspecified atom stereocenters. The van der Waals surface area contributed by atoms with E-state index >= 15 is 0 Å². The largest absolute Gasteiger partial charge is 0.352 e. The van der Waals surface area contributed by atoms with Gasteiger partial charge in [-0.25, -0.2) is 8.42 Å². The van der Waals surface area contributed by atoms with Gasteiger partial charge in [-0.05, 0) is 139 Å². The molecule has 0 atom stereocenters. The number of hydrogen-bond donors (Lipinski definition) is 2. The smallest absolute Gasteiger partial charge is 0.251 e. The van der Waals surface area contributed by atoms with Crippen molar-refractivity contribution >= 4 is 21.8 Å². The number of carbonyl (C=O) groups is 2. The molecule has 1 heterocycles. The minimum Gasteiger partial charge on any atom is -0.352 e. The number of sulfonamides is 1. The molecule has 1 saturated heterocycles. The van der Waals surface area contributed by atoms with Gasteiger partial charge in [0.2, 0.25) is 15.9 Å². The third-order valence-corrected chi connectivity index (χ3v) is 12.2. The van der Waals surface area contributed by atoms with Crippen LogP contribution < -0.4 is 10.6 Å². The number of carbonyl (C=O) groups excluding carboxylic acids is 2. The molecule has 0 aromatic heterocycles. The van der Waals surface area contributed by atoms with Gasteiger partial charge < -0.3 is 10.6 Å². The van der Waals surface area contributed by atoms with E-state index in [1.807, 2.05) is 27.7 Å². The molecule has 4 bridgehead atoms. The van der Waals surface area contributed by atoms with Gasteiger partial charge in [-0.3, -0.25) is 9.59 Å². The average Bonchev–Trinajstić information content (AvgIpc) is 2.81. The topological polar surface area (TPSA) is 95.6 Å². The molecule has 1 aromatic rings. The van der Waals surface area contributed by atoms with Crippen LogP contribution in [0.2, 0.25) is 0 Å². The molecule has 0 radical (unpaired) electrons. The number of piperidine rings is 1. The van der Waals surface area contributed by atoms with Crippen LogP contribution in [-0.2, 0) is 14.8 Å². The number of amides is 2. The summed E-state index contributed by atoms with van der Waals surface area (Å²) in [5.41, 5.74) is -0.564. The molecule has 7 nitrogen and oxygen atoms in total. The third kappa shape index (κ3) is 5.56. The van der Waals surface area contributed by atoms with Gasteiger partial charge in [-0.1, -0.05) is 6.58 Å². The minimum absolute atomic E-state index is 0.150. The molecule has 2 N–H and O–H groups in total. The Morgan fingerprint density at radius 2 is 1.44 bits per heavy atom. The van der Waals surface area contributed by atoms with Crippen molar-refractivity contribution in [2.45, 2.75) is 107 Å². The van der Waals surface area contributed by atoms with Crippen molar-refractivity contribution in [3.05, 3.63) is 42.5 Å². The first-order valence-corrected chi connectivity index (χ1v) is 16.0. The van der Waals surface area contributed by atoms with Gasteiger partial charge in [-0.2, -0.15) is 4.31 Å². The van der Waals surface area contributed by atoms with Crippen LogP contribution in [0.4, 0.5) is 0 Å². The molecule has 214 valence electrons. The summed E-state index contributed by atoms with van der Waals surface area (Å²) in [4.78, 5) is 25.0. The molecular weight excluding hydrogens is 510 g/mol. The fourth-order valence-electron chi connectivity index (χ4n) is 9.30. The quantitative estimate of drug-likeness (QED) is 0.440. The van der Waals surface area contributed by atoms with Crippen LogP contribution in [0, 0.1) is 23.2 Å². The second kappa shape index (κ2) is 10.0. The summed E-state index contributed by atoms with van der Waals surface area (Å²) in [7, 11) is -3.85. The van der Waals surface area contributed by atoms with E-state index in [1.165, 1.54) is 44.6 Å². The van der Waals surface area contributed by atoms with Gasteiger partial charge in [0.1, 0.15) is 0 Å². The van der Waals surface area contributed by atoms with Crippen LogP contribution in [0.3, 0.4) is 0 Å². The molecule has 0 spiro atoms. The zero-order valence-corrected chi connectivity index (χ0v) is 24.8. The molecule has 2 amide bonds. The molecular formula is C31H45N3O4S. The van der Waals surface area contributed by atoms with Crippen LogP contribution in [0.15, 0.2) is 41.8 Å². The summed E-state index contributed by atoms with van der Waals surface area (Å²) in [6.07, 6.45) is 11.5. The maximum Gasteiger partial charge on any atom is 0.251 e. The van der Waals surface area contributed by atoms with E-state index < -0.39 is 21.1 Å². The van der Waals surface area contributed by atoms with E-state index in [0.717, 1.165) is 24.2 Å². The van der Waals surface area contributed by atoms with E-state index in [0.29, 0.717) is 30.4 Å². The highest BCUT2D eigenvalue weighted by molar-refractivity contribution is 7.89. The highest BCUT2D eigenvalue weighted by Crippen LogP contribution is 2.61. The number of rotatable bonds is 8. The monoisotopic (exact) mass is 555 g/mol. The van der Waals surface area contributed by atoms with Crippen molar-refractivity contribution in [2.24, 2.45) is 23.2 Å². The zero-order valence-electron chi connectivity index (χ0n) is 24.0. The highest BCUT2D eigenvalue weighted by atomic mass is 32.2. The molecule has 1 aromatic carbocycles. The van der Waals surface area contributed by atoms with Crippen molar-refractivity contribution in [1.82, 2.24) is 14.9 Å². The lowest BCUT2D eigenvalue weighted by Crippen LogP contribution is -2.65. The summed E-state index contributed by atoms with van der Waals surface area (Å²) in [6, 6.07) is 6.16. The fraction of sp³-hybridized carbons (Fsp3) is 0.677. The van der Waals surface area contributed by atoms with Crippen LogP contribution in [0.25, 0.3) is 0 Å². The second-order valence-corrected chi connectivity index (χ2v) is 15.9. The van der Waals surface area contributed by atoms with Crippen LogP contribution >= 0.6 is 0 Å². The summed E-state index contributed by atoms with van der Waals surface area (Å²) in [5, 5.41) is 6.05. The normalized spacial score (nSPS) is 31.5. The second-order valence-electron chi connectivity index (χ2n) is 14.2. The van der Waals surface area contributed by atoms with E-state index in [4.69, 9.17) is 0 Å².